The Morgan fingerprint density at radius 3 is 2.79 bits per heavy atom. The maximum Gasteiger partial charge on any atom is 0.256 e. The number of nitrogens with one attached hydrogen (secondary N) is 1. The molecule has 1 aliphatic carbocycles. The van der Waals surface area contributed by atoms with Gasteiger partial charge in [0.1, 0.15) is 0 Å². The number of likely N-dealkylation sites (tertiary alicyclic amines) is 1. The van der Waals surface area contributed by atoms with Gasteiger partial charge in [-0.2, -0.15) is 0 Å². The van der Waals surface area contributed by atoms with E-state index in [1.54, 1.807) is 17.8 Å². The summed E-state index contributed by atoms with van der Waals surface area (Å²) < 4.78 is 4.06. The lowest BCUT2D eigenvalue weighted by Crippen LogP contribution is -2.45. The molecule has 154 valence electrons. The van der Waals surface area contributed by atoms with Crippen LogP contribution in [0.5, 0.6) is 0 Å². The highest BCUT2D eigenvalue weighted by Gasteiger charge is 2.33. The van der Waals surface area contributed by atoms with Crippen LogP contribution in [0, 0.1) is 11.8 Å². The molecule has 1 N–H and O–H groups in total. The summed E-state index contributed by atoms with van der Waals surface area (Å²) in [6.45, 7) is 1.37. The molecule has 2 aliphatic rings. The van der Waals surface area contributed by atoms with E-state index >= 15 is 0 Å². The van der Waals surface area contributed by atoms with Gasteiger partial charge in [0, 0.05) is 37.0 Å². The summed E-state index contributed by atoms with van der Waals surface area (Å²) in [6.07, 6.45) is 10.7. The molecule has 7 heteroatoms. The van der Waals surface area contributed by atoms with Gasteiger partial charge < -0.3 is 10.2 Å². The van der Waals surface area contributed by atoms with Crippen LogP contribution in [-0.4, -0.2) is 39.2 Å². The van der Waals surface area contributed by atoms with Crippen LogP contribution in [0.2, 0.25) is 0 Å². The second-order valence-corrected chi connectivity index (χ2v) is 8.88. The second-order valence-electron chi connectivity index (χ2n) is 8.22. The summed E-state index contributed by atoms with van der Waals surface area (Å²) in [5.41, 5.74) is 1.53. The normalized spacial score (nSPS) is 21.1. The van der Waals surface area contributed by atoms with E-state index in [1.807, 2.05) is 23.1 Å². The fourth-order valence-electron chi connectivity index (χ4n) is 4.66. The molecule has 6 nitrogen and oxygen atoms in total. The Morgan fingerprint density at radius 2 is 2.07 bits per heavy atom. The van der Waals surface area contributed by atoms with Crippen molar-refractivity contribution in [2.45, 2.75) is 51.0 Å². The Hall–Kier alpha value is -2.28. The molecule has 2 fully saturated rings. The minimum Gasteiger partial charge on any atom is -0.347 e. The Balaban J connectivity index is 1.47. The zero-order chi connectivity index (χ0) is 20.1. The van der Waals surface area contributed by atoms with Gasteiger partial charge in [0.05, 0.1) is 23.5 Å². The molecule has 0 spiro atoms. The highest BCUT2D eigenvalue weighted by molar-refractivity contribution is 7.03. The number of hydrogen-bond donors (Lipinski definition) is 1. The third-order valence-corrected chi connectivity index (χ3v) is 6.75. The van der Waals surface area contributed by atoms with E-state index in [0.717, 1.165) is 37.9 Å². The third kappa shape index (κ3) is 5.01. The van der Waals surface area contributed by atoms with Crippen molar-refractivity contribution >= 4 is 23.3 Å². The van der Waals surface area contributed by atoms with Gasteiger partial charge in [0.15, 0.2) is 0 Å². The molecule has 0 unspecified atom stereocenters. The number of rotatable bonds is 6. The summed E-state index contributed by atoms with van der Waals surface area (Å²) in [4.78, 5) is 32.0. The van der Waals surface area contributed by atoms with Gasteiger partial charge in [-0.1, -0.05) is 18.9 Å². The second kappa shape index (κ2) is 9.48. The monoisotopic (exact) mass is 412 g/mol. The van der Waals surface area contributed by atoms with Crippen LogP contribution in [0.1, 0.15) is 67.0 Å². The Labute approximate surface area is 175 Å². The van der Waals surface area contributed by atoms with Crippen molar-refractivity contribution in [3.8, 4) is 0 Å². The number of aromatic nitrogens is 2. The molecule has 0 radical (unpaired) electrons. The third-order valence-electron chi connectivity index (χ3n) is 6.17. The van der Waals surface area contributed by atoms with Crippen molar-refractivity contribution in [3.05, 3.63) is 47.2 Å². The lowest BCUT2D eigenvalue weighted by atomic mass is 9.87. The Kier molecular flexibility index (Phi) is 6.54. The topological polar surface area (TPSA) is 75.2 Å². The SMILES string of the molecule is O=C(CC1CCCC1)N[C@H](c1ccccn1)[C@H]1CCCN(C(=O)c2cnsc2)C1. The standard InChI is InChI=1S/C22H28N4O2S/c27-20(12-16-6-1-2-7-16)25-21(19-9-3-4-10-23-19)17-8-5-11-26(14-17)22(28)18-13-24-29-15-18/h3-4,9-10,13,15-17,21H,1-2,5-8,11-12,14H2,(H,25,27)/t17-,21-/m0/s1. The van der Waals surface area contributed by atoms with Crippen molar-refractivity contribution in [1.29, 1.82) is 0 Å². The van der Waals surface area contributed by atoms with Gasteiger partial charge in [0.25, 0.3) is 5.91 Å². The van der Waals surface area contributed by atoms with Crippen LogP contribution in [0.15, 0.2) is 36.0 Å². The zero-order valence-corrected chi connectivity index (χ0v) is 17.4. The quantitative estimate of drug-likeness (QED) is 0.782. The van der Waals surface area contributed by atoms with Gasteiger partial charge in [-0.05, 0) is 55.3 Å². The van der Waals surface area contributed by atoms with Gasteiger partial charge in [-0.3, -0.25) is 14.6 Å². The fourth-order valence-corrected chi connectivity index (χ4v) is 5.17. The van der Waals surface area contributed by atoms with E-state index < -0.39 is 0 Å². The largest absolute Gasteiger partial charge is 0.347 e. The smallest absolute Gasteiger partial charge is 0.256 e. The highest BCUT2D eigenvalue weighted by Crippen LogP contribution is 2.31. The van der Waals surface area contributed by atoms with E-state index in [4.69, 9.17) is 0 Å². The average Bonchev–Trinajstić information content (AvgIpc) is 3.47. The number of carbonyl (C=O) groups excluding carboxylic acids is 2. The first-order chi connectivity index (χ1) is 14.2. The lowest BCUT2D eigenvalue weighted by molar-refractivity contribution is -0.123. The summed E-state index contributed by atoms with van der Waals surface area (Å²) in [7, 11) is 0. The van der Waals surface area contributed by atoms with Crippen LogP contribution in [0.25, 0.3) is 0 Å². The molecule has 4 rings (SSSR count). The molecule has 2 amide bonds. The molecule has 29 heavy (non-hydrogen) atoms. The minimum atomic E-state index is -0.165. The van der Waals surface area contributed by atoms with Crippen LogP contribution >= 0.6 is 11.5 Å². The van der Waals surface area contributed by atoms with Crippen LogP contribution in [-0.2, 0) is 4.79 Å². The number of piperidine rings is 1. The molecule has 1 aliphatic heterocycles. The summed E-state index contributed by atoms with van der Waals surface area (Å²) in [5.74, 6) is 0.801. The van der Waals surface area contributed by atoms with E-state index in [0.29, 0.717) is 24.4 Å². The summed E-state index contributed by atoms with van der Waals surface area (Å²) in [5, 5.41) is 5.07. The lowest BCUT2D eigenvalue weighted by Gasteiger charge is -2.37. The van der Waals surface area contributed by atoms with Gasteiger partial charge in [0.2, 0.25) is 5.91 Å². The Bertz CT molecular complexity index is 805. The zero-order valence-electron chi connectivity index (χ0n) is 16.6. The van der Waals surface area contributed by atoms with E-state index in [-0.39, 0.29) is 23.8 Å². The molecular weight excluding hydrogens is 384 g/mol. The molecule has 0 aromatic carbocycles. The summed E-state index contributed by atoms with van der Waals surface area (Å²) >= 11 is 1.29. The Morgan fingerprint density at radius 1 is 1.21 bits per heavy atom. The first-order valence-corrected chi connectivity index (χ1v) is 11.4. The van der Waals surface area contributed by atoms with Crippen molar-refractivity contribution in [3.63, 3.8) is 0 Å². The maximum atomic E-state index is 12.8. The van der Waals surface area contributed by atoms with Crippen LogP contribution in [0.3, 0.4) is 0 Å². The molecule has 0 bridgehead atoms. The number of hydrogen-bond acceptors (Lipinski definition) is 5. The highest BCUT2D eigenvalue weighted by atomic mass is 32.1. The van der Waals surface area contributed by atoms with E-state index in [2.05, 4.69) is 14.7 Å². The van der Waals surface area contributed by atoms with Gasteiger partial charge in [-0.15, -0.1) is 0 Å². The van der Waals surface area contributed by atoms with Crippen molar-refractivity contribution in [1.82, 2.24) is 19.6 Å². The predicted octanol–water partition coefficient (Wildman–Crippen LogP) is 3.83. The maximum absolute atomic E-state index is 12.8. The van der Waals surface area contributed by atoms with Crippen molar-refractivity contribution < 1.29 is 9.59 Å². The number of amides is 2. The summed E-state index contributed by atoms with van der Waals surface area (Å²) in [6, 6.07) is 5.66. The van der Waals surface area contributed by atoms with Crippen LogP contribution < -0.4 is 5.32 Å². The van der Waals surface area contributed by atoms with Gasteiger partial charge >= 0.3 is 0 Å². The molecule has 2 aromatic rings. The molecule has 3 heterocycles. The minimum absolute atomic E-state index is 0.0282. The number of nitrogens with zero attached hydrogens (tertiary/aromatic N) is 3. The molecule has 1 saturated carbocycles. The number of pyridine rings is 1. The van der Waals surface area contributed by atoms with Gasteiger partial charge in [-0.25, -0.2) is 4.37 Å². The molecule has 2 atom stereocenters. The molecule has 1 saturated heterocycles. The average molecular weight is 413 g/mol. The molecular formula is C22H28N4O2S. The number of carbonyl (C=O) groups is 2. The fraction of sp³-hybridized carbons (Fsp3) is 0.545. The van der Waals surface area contributed by atoms with Crippen molar-refractivity contribution in [2.75, 3.05) is 13.1 Å². The van der Waals surface area contributed by atoms with Crippen LogP contribution in [0.4, 0.5) is 0 Å². The predicted molar refractivity (Wildman–Crippen MR) is 112 cm³/mol. The first kappa shape index (κ1) is 20.0. The van der Waals surface area contributed by atoms with Crippen molar-refractivity contribution in [2.24, 2.45) is 11.8 Å². The van der Waals surface area contributed by atoms with E-state index in [9.17, 15) is 9.59 Å². The molecule has 2 aromatic heterocycles. The van der Waals surface area contributed by atoms with E-state index in [1.165, 1.54) is 24.4 Å². The first-order valence-electron chi connectivity index (χ1n) is 10.6.